The SMILES string of the molecule is CC(C)(CN)[C@@H](CNC(=O)O)c1ccccc1. The van der Waals surface area contributed by atoms with Crippen LogP contribution in [0.15, 0.2) is 30.3 Å². The molecule has 1 atom stereocenters. The van der Waals surface area contributed by atoms with Crippen molar-refractivity contribution in [2.45, 2.75) is 19.8 Å². The first-order valence-electron chi connectivity index (χ1n) is 5.69. The van der Waals surface area contributed by atoms with E-state index in [1.54, 1.807) is 0 Å². The second-order valence-corrected chi connectivity index (χ2v) is 4.84. The Morgan fingerprint density at radius 3 is 2.47 bits per heavy atom. The minimum Gasteiger partial charge on any atom is -0.465 e. The highest BCUT2D eigenvalue weighted by Crippen LogP contribution is 2.33. The average molecular weight is 236 g/mol. The van der Waals surface area contributed by atoms with E-state index in [9.17, 15) is 4.79 Å². The van der Waals surface area contributed by atoms with Crippen molar-refractivity contribution < 1.29 is 9.90 Å². The molecule has 4 N–H and O–H groups in total. The first-order valence-corrected chi connectivity index (χ1v) is 5.69. The minimum absolute atomic E-state index is 0.0739. The van der Waals surface area contributed by atoms with E-state index in [0.717, 1.165) is 5.56 Å². The van der Waals surface area contributed by atoms with Gasteiger partial charge in [-0.25, -0.2) is 4.79 Å². The average Bonchev–Trinajstić information content (AvgIpc) is 2.30. The molecule has 0 spiro atoms. The number of benzene rings is 1. The van der Waals surface area contributed by atoms with Crippen molar-refractivity contribution in [1.29, 1.82) is 0 Å². The van der Waals surface area contributed by atoms with Crippen LogP contribution >= 0.6 is 0 Å². The molecule has 0 radical (unpaired) electrons. The molecule has 0 aliphatic heterocycles. The molecule has 0 unspecified atom stereocenters. The fourth-order valence-corrected chi connectivity index (χ4v) is 1.86. The maximum absolute atomic E-state index is 10.6. The molecule has 0 aliphatic carbocycles. The van der Waals surface area contributed by atoms with Crippen LogP contribution in [0.5, 0.6) is 0 Å². The quantitative estimate of drug-likeness (QED) is 0.732. The zero-order valence-corrected chi connectivity index (χ0v) is 10.3. The van der Waals surface area contributed by atoms with E-state index in [0.29, 0.717) is 13.1 Å². The van der Waals surface area contributed by atoms with Gasteiger partial charge < -0.3 is 16.2 Å². The highest BCUT2D eigenvalue weighted by Gasteiger charge is 2.29. The van der Waals surface area contributed by atoms with E-state index < -0.39 is 6.09 Å². The summed E-state index contributed by atoms with van der Waals surface area (Å²) < 4.78 is 0. The van der Waals surface area contributed by atoms with Crippen LogP contribution in [0.3, 0.4) is 0 Å². The van der Waals surface area contributed by atoms with Crippen LogP contribution in [0.4, 0.5) is 4.79 Å². The largest absolute Gasteiger partial charge is 0.465 e. The van der Waals surface area contributed by atoms with Gasteiger partial charge in [0, 0.05) is 12.5 Å². The van der Waals surface area contributed by atoms with Crippen molar-refractivity contribution >= 4 is 6.09 Å². The lowest BCUT2D eigenvalue weighted by Crippen LogP contribution is -2.38. The van der Waals surface area contributed by atoms with E-state index in [-0.39, 0.29) is 11.3 Å². The van der Waals surface area contributed by atoms with Gasteiger partial charge in [-0.2, -0.15) is 0 Å². The topological polar surface area (TPSA) is 75.3 Å². The van der Waals surface area contributed by atoms with Gasteiger partial charge in [-0.15, -0.1) is 0 Å². The monoisotopic (exact) mass is 236 g/mol. The third-order valence-electron chi connectivity index (χ3n) is 3.13. The third kappa shape index (κ3) is 3.75. The van der Waals surface area contributed by atoms with Gasteiger partial charge in [0.25, 0.3) is 0 Å². The molecule has 17 heavy (non-hydrogen) atoms. The highest BCUT2D eigenvalue weighted by atomic mass is 16.4. The fourth-order valence-electron chi connectivity index (χ4n) is 1.86. The fraction of sp³-hybridized carbons (Fsp3) is 0.462. The number of rotatable bonds is 5. The van der Waals surface area contributed by atoms with E-state index in [4.69, 9.17) is 10.8 Å². The summed E-state index contributed by atoms with van der Waals surface area (Å²) in [6.07, 6.45) is -1.00. The first kappa shape index (κ1) is 13.5. The van der Waals surface area contributed by atoms with Crippen LogP contribution in [0.1, 0.15) is 25.3 Å². The summed E-state index contributed by atoms with van der Waals surface area (Å²) in [7, 11) is 0. The predicted octanol–water partition coefficient (Wildman–Crippen LogP) is 2.02. The Bertz CT molecular complexity index is 363. The molecule has 0 heterocycles. The van der Waals surface area contributed by atoms with Crippen molar-refractivity contribution in [2.75, 3.05) is 13.1 Å². The Labute approximate surface area is 102 Å². The summed E-state index contributed by atoms with van der Waals surface area (Å²) in [5.74, 6) is 0.0739. The molecule has 94 valence electrons. The summed E-state index contributed by atoms with van der Waals surface area (Å²) in [6, 6.07) is 9.86. The molecule has 1 rings (SSSR count). The summed E-state index contributed by atoms with van der Waals surface area (Å²) in [6.45, 7) is 4.99. The van der Waals surface area contributed by atoms with Gasteiger partial charge in [-0.05, 0) is 17.5 Å². The Balaban J connectivity index is 2.91. The molecule has 1 aromatic carbocycles. The van der Waals surface area contributed by atoms with Gasteiger partial charge in [0.05, 0.1) is 0 Å². The molecule has 0 aromatic heterocycles. The molecular formula is C13H20N2O2. The molecule has 0 aliphatic rings. The van der Waals surface area contributed by atoms with Crippen LogP contribution < -0.4 is 11.1 Å². The maximum atomic E-state index is 10.6. The zero-order chi connectivity index (χ0) is 12.9. The number of nitrogens with two attached hydrogens (primary N) is 1. The second kappa shape index (κ2) is 5.68. The molecule has 0 saturated carbocycles. The van der Waals surface area contributed by atoms with E-state index in [1.165, 1.54) is 0 Å². The van der Waals surface area contributed by atoms with Crippen molar-refractivity contribution in [3.63, 3.8) is 0 Å². The Morgan fingerprint density at radius 1 is 1.41 bits per heavy atom. The first-order chi connectivity index (χ1) is 7.97. The van der Waals surface area contributed by atoms with Crippen molar-refractivity contribution in [1.82, 2.24) is 5.32 Å². The Kier molecular flexibility index (Phi) is 4.52. The lowest BCUT2D eigenvalue weighted by atomic mass is 9.75. The van der Waals surface area contributed by atoms with Crippen LogP contribution in [0.25, 0.3) is 0 Å². The number of carbonyl (C=O) groups is 1. The zero-order valence-electron chi connectivity index (χ0n) is 10.3. The Morgan fingerprint density at radius 2 is 2.00 bits per heavy atom. The van der Waals surface area contributed by atoms with Gasteiger partial charge in [0.15, 0.2) is 0 Å². The molecule has 0 fully saturated rings. The normalized spacial score (nSPS) is 13.1. The molecule has 0 saturated heterocycles. The Hall–Kier alpha value is -1.55. The van der Waals surface area contributed by atoms with E-state index >= 15 is 0 Å². The van der Waals surface area contributed by atoms with Gasteiger partial charge in [-0.1, -0.05) is 44.2 Å². The van der Waals surface area contributed by atoms with Crippen molar-refractivity contribution in [2.24, 2.45) is 11.1 Å². The molecule has 1 amide bonds. The highest BCUT2D eigenvalue weighted by molar-refractivity contribution is 5.64. The molecule has 0 bridgehead atoms. The number of nitrogens with one attached hydrogen (secondary N) is 1. The van der Waals surface area contributed by atoms with Crippen LogP contribution in [0.2, 0.25) is 0 Å². The molecule has 4 heteroatoms. The van der Waals surface area contributed by atoms with E-state index in [1.807, 2.05) is 44.2 Å². The number of carboxylic acid groups (broad SMARTS) is 1. The van der Waals surface area contributed by atoms with Gasteiger partial charge in [0.2, 0.25) is 0 Å². The minimum atomic E-state index is -1.00. The standard InChI is InChI=1S/C13H20N2O2/c1-13(2,9-14)11(8-15-12(16)17)10-6-4-3-5-7-10/h3-7,11,15H,8-9,14H2,1-2H3,(H,16,17)/t11-/m0/s1. The lowest BCUT2D eigenvalue weighted by Gasteiger charge is -2.33. The third-order valence-corrected chi connectivity index (χ3v) is 3.13. The summed E-state index contributed by atoms with van der Waals surface area (Å²) in [4.78, 5) is 10.6. The summed E-state index contributed by atoms with van der Waals surface area (Å²) in [5.41, 5.74) is 6.73. The van der Waals surface area contributed by atoms with Gasteiger partial charge in [-0.3, -0.25) is 0 Å². The number of amides is 1. The van der Waals surface area contributed by atoms with Crippen molar-refractivity contribution in [3.05, 3.63) is 35.9 Å². The lowest BCUT2D eigenvalue weighted by molar-refractivity contribution is 0.189. The van der Waals surface area contributed by atoms with Crippen LogP contribution in [-0.4, -0.2) is 24.3 Å². The number of hydrogen-bond donors (Lipinski definition) is 3. The smallest absolute Gasteiger partial charge is 0.404 e. The number of hydrogen-bond acceptors (Lipinski definition) is 2. The summed E-state index contributed by atoms with van der Waals surface area (Å²) >= 11 is 0. The predicted molar refractivity (Wildman–Crippen MR) is 68.0 cm³/mol. The van der Waals surface area contributed by atoms with Gasteiger partial charge >= 0.3 is 6.09 Å². The maximum Gasteiger partial charge on any atom is 0.404 e. The van der Waals surface area contributed by atoms with Crippen LogP contribution in [-0.2, 0) is 0 Å². The molecule has 4 nitrogen and oxygen atoms in total. The van der Waals surface area contributed by atoms with E-state index in [2.05, 4.69) is 5.32 Å². The van der Waals surface area contributed by atoms with Crippen LogP contribution in [0, 0.1) is 5.41 Å². The van der Waals surface area contributed by atoms with Gasteiger partial charge in [0.1, 0.15) is 0 Å². The summed E-state index contributed by atoms with van der Waals surface area (Å²) in [5, 5.41) is 11.2. The van der Waals surface area contributed by atoms with Crippen molar-refractivity contribution in [3.8, 4) is 0 Å². The molecular weight excluding hydrogens is 216 g/mol. The second-order valence-electron chi connectivity index (χ2n) is 4.84. The molecule has 1 aromatic rings.